The van der Waals surface area contributed by atoms with E-state index in [1.165, 1.54) is 21.8 Å². The minimum absolute atomic E-state index is 0.301. The third kappa shape index (κ3) is 7.25. The standard InChI is InChI=1S/C38H45N9O3/c1-9-33(48)41-31-19-30(24(2)18-32(31)45(8)17-16-44(6)7)42-36-39-21-28(26-20-40-47(22-26)37(49)50-38(3,4)5)34(43-36)29-23-46-15-11-13-25-12-10-14-27(29)35(25)46/h9-10,12,14,18-23H,1,11,13,15-17H2,2-8H3,(H,41,48)(H,39,42,43). The number of para-hydroxylation sites is 1. The molecule has 260 valence electrons. The Hall–Kier alpha value is -5.49. The molecule has 0 aliphatic carbocycles. The zero-order valence-electron chi connectivity index (χ0n) is 29.9. The Bertz CT molecular complexity index is 2090. The molecule has 0 saturated heterocycles. The van der Waals surface area contributed by atoms with Crippen LogP contribution in [0.3, 0.4) is 0 Å². The molecule has 4 heterocycles. The molecule has 0 fully saturated rings. The highest BCUT2D eigenvalue weighted by Crippen LogP contribution is 2.40. The van der Waals surface area contributed by atoms with Gasteiger partial charge >= 0.3 is 6.09 Å². The first-order valence-corrected chi connectivity index (χ1v) is 16.8. The zero-order chi connectivity index (χ0) is 35.7. The molecule has 0 bridgehead atoms. The zero-order valence-corrected chi connectivity index (χ0v) is 29.9. The van der Waals surface area contributed by atoms with E-state index in [0.717, 1.165) is 65.9 Å². The molecule has 6 rings (SSSR count). The SMILES string of the molecule is C=CC(=O)Nc1cc(Nc2ncc(-c3cnn(C(=O)OC(C)(C)C)c3)c(-c3cn4c5c(cccc35)CCC4)n2)c(C)cc1N(C)CCN(C)C. The van der Waals surface area contributed by atoms with Gasteiger partial charge in [0.25, 0.3) is 0 Å². The number of carbonyl (C=O) groups excluding carboxylic acids is 2. The lowest BCUT2D eigenvalue weighted by molar-refractivity contribution is -0.111. The first kappa shape index (κ1) is 34.4. The van der Waals surface area contributed by atoms with Crippen LogP contribution in [0, 0.1) is 6.92 Å². The highest BCUT2D eigenvalue weighted by molar-refractivity contribution is 6.02. The Morgan fingerprint density at radius 1 is 1.06 bits per heavy atom. The molecule has 0 radical (unpaired) electrons. The van der Waals surface area contributed by atoms with Crippen molar-refractivity contribution in [2.24, 2.45) is 0 Å². The fourth-order valence-corrected chi connectivity index (χ4v) is 6.19. The number of rotatable bonds is 10. The summed E-state index contributed by atoms with van der Waals surface area (Å²) in [6.45, 7) is 13.6. The summed E-state index contributed by atoms with van der Waals surface area (Å²) in [6, 6.07) is 10.4. The second kappa shape index (κ2) is 13.8. The van der Waals surface area contributed by atoms with E-state index in [9.17, 15) is 9.59 Å². The number of amides is 1. The Balaban J connectivity index is 1.44. The molecule has 1 aliphatic heterocycles. The van der Waals surface area contributed by atoms with Gasteiger partial charge in [-0.1, -0.05) is 24.8 Å². The lowest BCUT2D eigenvalue weighted by atomic mass is 9.99. The van der Waals surface area contributed by atoms with Crippen molar-refractivity contribution in [2.45, 2.75) is 52.7 Å². The van der Waals surface area contributed by atoms with Crippen molar-refractivity contribution in [3.63, 3.8) is 0 Å². The van der Waals surface area contributed by atoms with Crippen LogP contribution in [0.4, 0.5) is 27.8 Å². The van der Waals surface area contributed by atoms with E-state index < -0.39 is 11.7 Å². The summed E-state index contributed by atoms with van der Waals surface area (Å²) in [5.74, 6) is 0.0815. The topological polar surface area (TPSA) is 122 Å². The number of nitrogens with zero attached hydrogens (tertiary/aromatic N) is 7. The number of anilines is 4. The predicted octanol–water partition coefficient (Wildman–Crippen LogP) is 6.87. The van der Waals surface area contributed by atoms with Crippen molar-refractivity contribution >= 4 is 45.9 Å². The van der Waals surface area contributed by atoms with Gasteiger partial charge in [-0.05, 0) is 84.0 Å². The van der Waals surface area contributed by atoms with Crippen LogP contribution in [0.5, 0.6) is 0 Å². The molecule has 12 nitrogen and oxygen atoms in total. The summed E-state index contributed by atoms with van der Waals surface area (Å²) in [7, 11) is 6.07. The smallest absolute Gasteiger partial charge is 0.435 e. The molecular weight excluding hydrogens is 630 g/mol. The highest BCUT2D eigenvalue weighted by Gasteiger charge is 2.24. The average molecular weight is 676 g/mol. The number of aromatic nitrogens is 5. The lowest BCUT2D eigenvalue weighted by Crippen LogP contribution is -2.29. The molecule has 50 heavy (non-hydrogen) atoms. The maximum Gasteiger partial charge on any atom is 0.435 e. The second-order valence-electron chi connectivity index (χ2n) is 14.0. The molecule has 1 amide bonds. The van der Waals surface area contributed by atoms with E-state index >= 15 is 0 Å². The Morgan fingerprint density at radius 3 is 2.60 bits per heavy atom. The van der Waals surface area contributed by atoms with Gasteiger partial charge in [-0.3, -0.25) is 4.79 Å². The molecule has 0 atom stereocenters. The van der Waals surface area contributed by atoms with E-state index in [1.807, 2.05) is 61.0 Å². The maximum absolute atomic E-state index is 12.9. The third-order valence-electron chi connectivity index (χ3n) is 8.67. The van der Waals surface area contributed by atoms with Crippen molar-refractivity contribution < 1.29 is 14.3 Å². The fourth-order valence-electron chi connectivity index (χ4n) is 6.19. The molecule has 2 N–H and O–H groups in total. The number of benzene rings is 2. The van der Waals surface area contributed by atoms with Crippen LogP contribution >= 0.6 is 0 Å². The van der Waals surface area contributed by atoms with Crippen LogP contribution in [0.2, 0.25) is 0 Å². The number of hydrogen-bond donors (Lipinski definition) is 2. The summed E-state index contributed by atoms with van der Waals surface area (Å²) < 4.78 is 9.05. The van der Waals surface area contributed by atoms with Gasteiger partial charge in [0, 0.05) is 73.0 Å². The summed E-state index contributed by atoms with van der Waals surface area (Å²) in [5.41, 5.74) is 8.15. The molecule has 0 spiro atoms. The van der Waals surface area contributed by atoms with Gasteiger partial charge in [0.15, 0.2) is 0 Å². The number of ether oxygens (including phenoxy) is 1. The normalized spacial score (nSPS) is 12.6. The summed E-state index contributed by atoms with van der Waals surface area (Å²) in [6.07, 6.45) is 9.98. The van der Waals surface area contributed by atoms with E-state index in [-0.39, 0.29) is 5.91 Å². The molecule has 0 unspecified atom stereocenters. The van der Waals surface area contributed by atoms with Crippen LogP contribution in [0.25, 0.3) is 33.3 Å². The molecule has 12 heteroatoms. The molecule has 1 aliphatic rings. The number of hydrogen-bond acceptors (Lipinski definition) is 9. The van der Waals surface area contributed by atoms with Gasteiger partial charge in [-0.25, -0.2) is 14.8 Å². The predicted molar refractivity (Wildman–Crippen MR) is 199 cm³/mol. The maximum atomic E-state index is 12.9. The molecule has 3 aromatic heterocycles. The Kier molecular flexibility index (Phi) is 9.48. The van der Waals surface area contributed by atoms with Crippen LogP contribution in [-0.4, -0.2) is 81.0 Å². The van der Waals surface area contributed by atoms with Crippen LogP contribution in [0.15, 0.2) is 67.8 Å². The van der Waals surface area contributed by atoms with Crippen molar-refractivity contribution in [1.82, 2.24) is 29.2 Å². The monoisotopic (exact) mass is 675 g/mol. The van der Waals surface area contributed by atoms with Crippen molar-refractivity contribution in [3.8, 4) is 22.4 Å². The van der Waals surface area contributed by atoms with E-state index in [4.69, 9.17) is 14.7 Å². The summed E-state index contributed by atoms with van der Waals surface area (Å²) >= 11 is 0. The second-order valence-corrected chi connectivity index (χ2v) is 14.0. The van der Waals surface area contributed by atoms with Gasteiger partial charge in [-0.2, -0.15) is 9.78 Å². The van der Waals surface area contributed by atoms with Gasteiger partial charge in [0.2, 0.25) is 11.9 Å². The van der Waals surface area contributed by atoms with Crippen LogP contribution < -0.4 is 15.5 Å². The highest BCUT2D eigenvalue weighted by atomic mass is 16.6. The van der Waals surface area contributed by atoms with E-state index in [2.05, 4.69) is 61.1 Å². The molecule has 0 saturated carbocycles. The lowest BCUT2D eigenvalue weighted by Gasteiger charge is -2.25. The Morgan fingerprint density at radius 2 is 1.86 bits per heavy atom. The van der Waals surface area contributed by atoms with Crippen LogP contribution in [0.1, 0.15) is 38.3 Å². The van der Waals surface area contributed by atoms with Crippen molar-refractivity contribution in [1.29, 1.82) is 0 Å². The number of carbonyl (C=O) groups is 2. The summed E-state index contributed by atoms with van der Waals surface area (Å²) in [5, 5.41) is 11.8. The quantitative estimate of drug-likeness (QED) is 0.153. The van der Waals surface area contributed by atoms with Crippen molar-refractivity contribution in [3.05, 3.63) is 78.9 Å². The largest absolute Gasteiger partial charge is 0.442 e. The molecule has 2 aromatic carbocycles. The fraction of sp³-hybridized carbons (Fsp3) is 0.342. The van der Waals surface area contributed by atoms with Crippen LogP contribution in [-0.2, 0) is 22.5 Å². The van der Waals surface area contributed by atoms with Gasteiger partial charge in [0.1, 0.15) is 5.60 Å². The molecular formula is C38H45N9O3. The first-order valence-electron chi connectivity index (χ1n) is 16.8. The minimum Gasteiger partial charge on any atom is -0.442 e. The minimum atomic E-state index is -0.664. The third-order valence-corrected chi connectivity index (χ3v) is 8.67. The average Bonchev–Trinajstić information content (AvgIpc) is 3.71. The Labute approximate surface area is 292 Å². The van der Waals surface area contributed by atoms with Crippen molar-refractivity contribution in [2.75, 3.05) is 49.8 Å². The number of nitrogens with one attached hydrogen (secondary N) is 2. The summed E-state index contributed by atoms with van der Waals surface area (Å²) in [4.78, 5) is 39.4. The van der Waals surface area contributed by atoms with Gasteiger partial charge < -0.3 is 29.7 Å². The molecule has 5 aromatic rings. The van der Waals surface area contributed by atoms with E-state index in [1.54, 1.807) is 18.6 Å². The van der Waals surface area contributed by atoms with E-state index in [0.29, 0.717) is 22.9 Å². The van der Waals surface area contributed by atoms with Gasteiger partial charge in [-0.15, -0.1) is 0 Å². The first-order chi connectivity index (χ1) is 23.8. The number of likely N-dealkylation sites (N-methyl/N-ethyl adjacent to an activating group) is 2. The van der Waals surface area contributed by atoms with Gasteiger partial charge in [0.05, 0.1) is 28.8 Å². The number of aryl methyl sites for hydroxylation is 3.